The molecule has 2 aromatic heterocycles. The lowest BCUT2D eigenvalue weighted by molar-refractivity contribution is -0.123. The SMILES string of the molecule is COCC(N)C(=O)NCc1nc(-c2ccncc2)cs1.Cl.Cl. The molecular weight excluding hydrogens is 347 g/mol. The van der Waals surface area contributed by atoms with Crippen molar-refractivity contribution in [2.45, 2.75) is 12.6 Å². The van der Waals surface area contributed by atoms with Gasteiger partial charge in [0.1, 0.15) is 11.0 Å². The average Bonchev–Trinajstić information content (AvgIpc) is 2.95. The maximum atomic E-state index is 11.6. The second-order valence-corrected chi connectivity index (χ2v) is 5.08. The number of methoxy groups -OCH3 is 1. The van der Waals surface area contributed by atoms with Crippen molar-refractivity contribution >= 4 is 42.1 Å². The van der Waals surface area contributed by atoms with Crippen LogP contribution in [0.1, 0.15) is 5.01 Å². The zero-order valence-corrected chi connectivity index (χ0v) is 14.3. The van der Waals surface area contributed by atoms with Gasteiger partial charge in [0.05, 0.1) is 18.8 Å². The largest absolute Gasteiger partial charge is 0.383 e. The van der Waals surface area contributed by atoms with E-state index in [-0.39, 0.29) is 37.3 Å². The van der Waals surface area contributed by atoms with Crippen molar-refractivity contribution in [3.63, 3.8) is 0 Å². The lowest BCUT2D eigenvalue weighted by Crippen LogP contribution is -2.43. The Balaban J connectivity index is 0.00000220. The fourth-order valence-electron chi connectivity index (χ4n) is 1.60. The van der Waals surface area contributed by atoms with E-state index in [0.29, 0.717) is 6.54 Å². The molecule has 1 amide bonds. The maximum absolute atomic E-state index is 11.6. The van der Waals surface area contributed by atoms with Crippen molar-refractivity contribution in [3.05, 3.63) is 34.9 Å². The van der Waals surface area contributed by atoms with Crippen LogP contribution >= 0.6 is 36.2 Å². The Bertz CT molecular complexity index is 568. The Morgan fingerprint density at radius 3 is 2.73 bits per heavy atom. The number of hydrogen-bond donors (Lipinski definition) is 2. The highest BCUT2D eigenvalue weighted by molar-refractivity contribution is 7.09. The fourth-order valence-corrected chi connectivity index (χ4v) is 2.34. The first-order valence-corrected chi connectivity index (χ1v) is 6.95. The number of ether oxygens (including phenoxy) is 1. The molecular formula is C13H18Cl2N4O2S. The number of carbonyl (C=O) groups excluding carboxylic acids is 1. The van der Waals surface area contributed by atoms with Gasteiger partial charge in [-0.15, -0.1) is 36.2 Å². The number of hydrogen-bond acceptors (Lipinski definition) is 6. The lowest BCUT2D eigenvalue weighted by atomic mass is 10.2. The van der Waals surface area contributed by atoms with E-state index in [4.69, 9.17) is 10.5 Å². The number of rotatable bonds is 6. The van der Waals surface area contributed by atoms with Crippen molar-refractivity contribution in [1.29, 1.82) is 0 Å². The van der Waals surface area contributed by atoms with Gasteiger partial charge in [0, 0.05) is 30.4 Å². The van der Waals surface area contributed by atoms with Gasteiger partial charge in [0.2, 0.25) is 5.91 Å². The van der Waals surface area contributed by atoms with Crippen molar-refractivity contribution in [1.82, 2.24) is 15.3 Å². The number of nitrogens with two attached hydrogens (primary N) is 1. The molecule has 0 aliphatic rings. The summed E-state index contributed by atoms with van der Waals surface area (Å²) in [5.74, 6) is -0.243. The molecule has 0 saturated heterocycles. The number of pyridine rings is 1. The average molecular weight is 365 g/mol. The highest BCUT2D eigenvalue weighted by atomic mass is 35.5. The smallest absolute Gasteiger partial charge is 0.239 e. The molecule has 6 nitrogen and oxygen atoms in total. The number of carbonyl (C=O) groups is 1. The third kappa shape index (κ3) is 5.86. The normalized spacial score (nSPS) is 11.0. The molecule has 1 unspecified atom stereocenters. The predicted octanol–water partition coefficient (Wildman–Crippen LogP) is 1.64. The Labute approximate surface area is 145 Å². The van der Waals surface area contributed by atoms with Gasteiger partial charge in [-0.1, -0.05) is 0 Å². The molecule has 9 heteroatoms. The number of halogens is 2. The molecule has 2 rings (SSSR count). The standard InChI is InChI=1S/C13H16N4O2S.2ClH/c1-19-7-10(14)13(18)16-6-12-17-11(8-20-12)9-2-4-15-5-3-9;;/h2-5,8,10H,6-7,14H2,1H3,(H,16,18);2*1H. The highest BCUT2D eigenvalue weighted by Crippen LogP contribution is 2.20. The quantitative estimate of drug-likeness (QED) is 0.812. The summed E-state index contributed by atoms with van der Waals surface area (Å²) in [4.78, 5) is 20.1. The summed E-state index contributed by atoms with van der Waals surface area (Å²) >= 11 is 1.49. The van der Waals surface area contributed by atoms with E-state index < -0.39 is 6.04 Å². The van der Waals surface area contributed by atoms with Gasteiger partial charge < -0.3 is 15.8 Å². The van der Waals surface area contributed by atoms with Crippen LogP contribution in [0.4, 0.5) is 0 Å². The Morgan fingerprint density at radius 1 is 1.41 bits per heavy atom. The molecule has 0 fully saturated rings. The van der Waals surface area contributed by atoms with Gasteiger partial charge in [-0.2, -0.15) is 0 Å². The van der Waals surface area contributed by atoms with Crippen LogP contribution in [0, 0.1) is 0 Å². The van der Waals surface area contributed by atoms with Crippen LogP contribution in [0.15, 0.2) is 29.9 Å². The summed E-state index contributed by atoms with van der Waals surface area (Å²) in [6, 6.07) is 3.14. The summed E-state index contributed by atoms with van der Waals surface area (Å²) < 4.78 is 4.83. The van der Waals surface area contributed by atoms with Crippen LogP contribution in [0.2, 0.25) is 0 Å². The Hall–Kier alpha value is -1.25. The van der Waals surface area contributed by atoms with E-state index >= 15 is 0 Å². The van der Waals surface area contributed by atoms with Crippen molar-refractivity contribution in [2.24, 2.45) is 5.73 Å². The second kappa shape index (κ2) is 10.5. The van der Waals surface area contributed by atoms with Crippen LogP contribution in [0.3, 0.4) is 0 Å². The molecule has 0 aromatic carbocycles. The number of nitrogens with one attached hydrogen (secondary N) is 1. The fraction of sp³-hybridized carbons (Fsp3) is 0.308. The van der Waals surface area contributed by atoms with E-state index in [1.807, 2.05) is 17.5 Å². The van der Waals surface area contributed by atoms with Crippen LogP contribution in [0.25, 0.3) is 11.3 Å². The predicted molar refractivity (Wildman–Crippen MR) is 91.5 cm³/mol. The number of amides is 1. The van der Waals surface area contributed by atoms with Crippen molar-refractivity contribution in [3.8, 4) is 11.3 Å². The van der Waals surface area contributed by atoms with Gasteiger partial charge in [-0.05, 0) is 12.1 Å². The minimum atomic E-state index is -0.653. The van der Waals surface area contributed by atoms with Crippen LogP contribution in [-0.2, 0) is 16.1 Å². The van der Waals surface area contributed by atoms with Gasteiger partial charge >= 0.3 is 0 Å². The van der Waals surface area contributed by atoms with Gasteiger partial charge in [-0.25, -0.2) is 4.98 Å². The molecule has 1 atom stereocenters. The van der Waals surface area contributed by atoms with Crippen molar-refractivity contribution in [2.75, 3.05) is 13.7 Å². The summed E-state index contributed by atoms with van der Waals surface area (Å²) in [7, 11) is 1.51. The summed E-state index contributed by atoms with van der Waals surface area (Å²) in [6.45, 7) is 0.567. The highest BCUT2D eigenvalue weighted by Gasteiger charge is 2.13. The Kier molecular flexibility index (Phi) is 9.88. The maximum Gasteiger partial charge on any atom is 0.239 e. The molecule has 0 aliphatic carbocycles. The van der Waals surface area contributed by atoms with E-state index in [0.717, 1.165) is 16.3 Å². The molecule has 0 aliphatic heterocycles. The molecule has 3 N–H and O–H groups in total. The van der Waals surface area contributed by atoms with E-state index in [2.05, 4.69) is 15.3 Å². The summed E-state index contributed by atoms with van der Waals surface area (Å²) in [5, 5.41) is 5.52. The van der Waals surface area contributed by atoms with Crippen molar-refractivity contribution < 1.29 is 9.53 Å². The topological polar surface area (TPSA) is 90.1 Å². The van der Waals surface area contributed by atoms with Crippen LogP contribution < -0.4 is 11.1 Å². The third-order valence-electron chi connectivity index (χ3n) is 2.62. The lowest BCUT2D eigenvalue weighted by Gasteiger charge is -2.09. The van der Waals surface area contributed by atoms with Crippen LogP contribution in [0.5, 0.6) is 0 Å². The van der Waals surface area contributed by atoms with Gasteiger partial charge in [0.25, 0.3) is 0 Å². The molecule has 22 heavy (non-hydrogen) atoms. The molecule has 0 spiro atoms. The Morgan fingerprint density at radius 2 is 2.09 bits per heavy atom. The van der Waals surface area contributed by atoms with E-state index in [1.54, 1.807) is 12.4 Å². The van der Waals surface area contributed by atoms with Gasteiger partial charge in [0.15, 0.2) is 0 Å². The molecule has 2 aromatic rings. The zero-order valence-electron chi connectivity index (χ0n) is 11.9. The molecule has 0 radical (unpaired) electrons. The first kappa shape index (κ1) is 20.8. The number of aromatic nitrogens is 2. The monoisotopic (exact) mass is 364 g/mol. The molecule has 0 bridgehead atoms. The van der Waals surface area contributed by atoms with Gasteiger partial charge in [-0.3, -0.25) is 9.78 Å². The second-order valence-electron chi connectivity index (χ2n) is 4.14. The molecule has 122 valence electrons. The molecule has 2 heterocycles. The van der Waals surface area contributed by atoms with E-state index in [9.17, 15) is 4.79 Å². The minimum absolute atomic E-state index is 0. The summed E-state index contributed by atoms with van der Waals surface area (Å²) in [6.07, 6.45) is 3.44. The first-order valence-electron chi connectivity index (χ1n) is 6.07. The number of thiazole rings is 1. The summed E-state index contributed by atoms with van der Waals surface area (Å²) in [5.41, 5.74) is 7.51. The van der Waals surface area contributed by atoms with E-state index in [1.165, 1.54) is 18.4 Å². The first-order chi connectivity index (χ1) is 9.70. The zero-order chi connectivity index (χ0) is 14.4. The minimum Gasteiger partial charge on any atom is -0.383 e. The number of nitrogens with zero attached hydrogens (tertiary/aromatic N) is 2. The van der Waals surface area contributed by atoms with Crippen LogP contribution in [-0.4, -0.2) is 35.6 Å². The third-order valence-corrected chi connectivity index (χ3v) is 3.47. The molecule has 0 saturated carbocycles.